The molecule has 164 valence electrons. The highest BCUT2D eigenvalue weighted by Gasteiger charge is 2.29. The van der Waals surface area contributed by atoms with Crippen molar-refractivity contribution in [1.29, 1.82) is 0 Å². The summed E-state index contributed by atoms with van der Waals surface area (Å²) in [6.45, 7) is 5.84. The van der Waals surface area contributed by atoms with E-state index < -0.39 is 10.0 Å². The molecule has 0 saturated carbocycles. The number of ether oxygens (including phenoxy) is 1. The predicted octanol–water partition coefficient (Wildman–Crippen LogP) is 2.60. The molecule has 1 amide bonds. The van der Waals surface area contributed by atoms with Crippen molar-refractivity contribution in [2.45, 2.75) is 49.7 Å². The molecule has 2 aromatic rings. The molecule has 1 aliphatic rings. The normalized spacial score (nSPS) is 15.1. The number of rotatable bonds is 9. The molecule has 0 atom stereocenters. The first kappa shape index (κ1) is 22.6. The number of nitrogens with zero attached hydrogens (tertiary/aromatic N) is 4. The van der Waals surface area contributed by atoms with Gasteiger partial charge >= 0.3 is 0 Å². The third-order valence-corrected chi connectivity index (χ3v) is 7.61. The maximum Gasteiger partial charge on any atom is 0.246 e. The predicted molar refractivity (Wildman–Crippen MR) is 115 cm³/mol. The summed E-state index contributed by atoms with van der Waals surface area (Å²) in [5, 5.41) is 11.3. The number of hydrogen-bond acceptors (Lipinski definition) is 7. The summed E-state index contributed by atoms with van der Waals surface area (Å²) >= 11 is 1.28. The first-order valence-electron chi connectivity index (χ1n) is 10.0. The maximum absolute atomic E-state index is 13.2. The van der Waals surface area contributed by atoms with Crippen LogP contribution in [0.25, 0.3) is 0 Å². The highest BCUT2D eigenvalue weighted by molar-refractivity contribution is 7.99. The molecule has 9 nitrogen and oxygen atoms in total. The Morgan fingerprint density at radius 2 is 2.00 bits per heavy atom. The third-order valence-electron chi connectivity index (χ3n) is 4.71. The van der Waals surface area contributed by atoms with Gasteiger partial charge in [-0.1, -0.05) is 18.2 Å². The van der Waals surface area contributed by atoms with Gasteiger partial charge in [0.25, 0.3) is 0 Å². The molecule has 1 aliphatic heterocycles. The molecule has 1 N–H and O–H groups in total. The van der Waals surface area contributed by atoms with Gasteiger partial charge in [-0.2, -0.15) is 4.31 Å². The molecule has 3 rings (SSSR count). The number of benzene rings is 1. The summed E-state index contributed by atoms with van der Waals surface area (Å²) < 4.78 is 35.3. The average molecular weight is 454 g/mol. The number of carbonyl (C=O) groups excluding carboxylic acids is 1. The van der Waals surface area contributed by atoms with Crippen molar-refractivity contribution in [2.24, 2.45) is 0 Å². The number of piperidine rings is 1. The molecule has 11 heteroatoms. The van der Waals surface area contributed by atoms with Crippen LogP contribution in [0.2, 0.25) is 0 Å². The highest BCUT2D eigenvalue weighted by atomic mass is 32.2. The molecular weight excluding hydrogens is 426 g/mol. The summed E-state index contributed by atoms with van der Waals surface area (Å²) in [4.78, 5) is 12.5. The molecule has 0 bridgehead atoms. The van der Waals surface area contributed by atoms with E-state index in [9.17, 15) is 13.2 Å². The largest absolute Gasteiger partial charge is 0.492 e. The van der Waals surface area contributed by atoms with Gasteiger partial charge in [-0.3, -0.25) is 4.79 Å². The van der Waals surface area contributed by atoms with E-state index in [0.29, 0.717) is 42.8 Å². The molecule has 0 radical (unpaired) electrons. The van der Waals surface area contributed by atoms with Crippen LogP contribution in [-0.2, 0) is 21.4 Å². The number of aromatic nitrogens is 3. The van der Waals surface area contributed by atoms with Crippen LogP contribution < -0.4 is 10.1 Å². The summed E-state index contributed by atoms with van der Waals surface area (Å²) in [7, 11) is -3.70. The molecule has 30 heavy (non-hydrogen) atoms. The lowest BCUT2D eigenvalue weighted by atomic mass is 10.2. The molecule has 1 fully saturated rings. The zero-order valence-corrected chi connectivity index (χ0v) is 18.8. The van der Waals surface area contributed by atoms with Gasteiger partial charge in [0.05, 0.1) is 12.4 Å². The van der Waals surface area contributed by atoms with Crippen molar-refractivity contribution in [2.75, 3.05) is 30.8 Å². The molecule has 1 aromatic carbocycles. The van der Waals surface area contributed by atoms with E-state index in [2.05, 4.69) is 15.5 Å². The number of nitrogens with one attached hydrogen (secondary N) is 1. The van der Waals surface area contributed by atoms with Gasteiger partial charge in [0.2, 0.25) is 15.9 Å². The minimum absolute atomic E-state index is 0.0856. The summed E-state index contributed by atoms with van der Waals surface area (Å²) in [6.07, 6.45) is 4.34. The standard InChI is InChI=1S/C19H27N5O4S2/c1-3-23-14-20-22-19(23)29-13-18(25)21-15-8-9-16(28-4-2)17(12-15)30(26,27)24-10-6-5-7-11-24/h8-9,12,14H,3-7,10-11,13H2,1-2H3,(H,21,25). The van der Waals surface area contributed by atoms with E-state index >= 15 is 0 Å². The van der Waals surface area contributed by atoms with Crippen LogP contribution in [0.1, 0.15) is 33.1 Å². The lowest BCUT2D eigenvalue weighted by molar-refractivity contribution is -0.113. The minimum Gasteiger partial charge on any atom is -0.492 e. The van der Waals surface area contributed by atoms with Gasteiger partial charge in [0, 0.05) is 25.3 Å². The van der Waals surface area contributed by atoms with E-state index in [1.54, 1.807) is 25.4 Å². The number of sulfonamides is 1. The monoisotopic (exact) mass is 453 g/mol. The fourth-order valence-corrected chi connectivity index (χ4v) is 5.66. The number of amides is 1. The van der Waals surface area contributed by atoms with Gasteiger partial charge in [0.15, 0.2) is 5.16 Å². The fourth-order valence-electron chi connectivity index (χ4n) is 3.21. The number of aryl methyl sites for hydroxylation is 1. The second-order valence-corrected chi connectivity index (χ2v) is 9.64. The second-order valence-electron chi connectivity index (χ2n) is 6.80. The molecule has 2 heterocycles. The Morgan fingerprint density at radius 1 is 1.23 bits per heavy atom. The van der Waals surface area contributed by atoms with Crippen molar-refractivity contribution in [3.63, 3.8) is 0 Å². The quantitative estimate of drug-likeness (QED) is 0.582. The topological polar surface area (TPSA) is 106 Å². The number of carbonyl (C=O) groups is 1. The summed E-state index contributed by atoms with van der Waals surface area (Å²) in [6, 6.07) is 4.72. The van der Waals surface area contributed by atoms with Crippen molar-refractivity contribution < 1.29 is 17.9 Å². The zero-order valence-electron chi connectivity index (χ0n) is 17.2. The Hall–Kier alpha value is -2.11. The maximum atomic E-state index is 13.2. The van der Waals surface area contributed by atoms with Crippen molar-refractivity contribution in [1.82, 2.24) is 19.1 Å². The van der Waals surface area contributed by atoms with Gasteiger partial charge in [-0.15, -0.1) is 10.2 Å². The molecule has 0 unspecified atom stereocenters. The Morgan fingerprint density at radius 3 is 2.70 bits per heavy atom. The van der Waals surface area contributed by atoms with E-state index in [0.717, 1.165) is 19.3 Å². The Balaban J connectivity index is 1.75. The van der Waals surface area contributed by atoms with Crippen LogP contribution in [0.5, 0.6) is 5.75 Å². The zero-order chi connectivity index (χ0) is 21.6. The van der Waals surface area contributed by atoms with Crippen LogP contribution in [0, 0.1) is 0 Å². The summed E-state index contributed by atoms with van der Waals surface area (Å²) in [5.41, 5.74) is 0.414. The molecular formula is C19H27N5O4S2. The van der Waals surface area contributed by atoms with Gasteiger partial charge in [-0.25, -0.2) is 8.42 Å². The van der Waals surface area contributed by atoms with Crippen molar-refractivity contribution in [3.05, 3.63) is 24.5 Å². The number of anilines is 1. The smallest absolute Gasteiger partial charge is 0.246 e. The SMILES string of the molecule is CCOc1ccc(NC(=O)CSc2nncn2CC)cc1S(=O)(=O)N1CCCCC1. The molecule has 0 spiro atoms. The first-order valence-corrected chi connectivity index (χ1v) is 12.5. The van der Waals surface area contributed by atoms with Gasteiger partial charge in [-0.05, 0) is 44.9 Å². The summed E-state index contributed by atoms with van der Waals surface area (Å²) in [5.74, 6) is 0.183. The van der Waals surface area contributed by atoms with E-state index in [-0.39, 0.29) is 16.6 Å². The minimum atomic E-state index is -3.70. The lowest BCUT2D eigenvalue weighted by Crippen LogP contribution is -2.35. The molecule has 1 aromatic heterocycles. The van der Waals surface area contributed by atoms with Gasteiger partial charge in [0.1, 0.15) is 17.0 Å². The van der Waals surface area contributed by atoms with E-state index in [1.807, 2.05) is 11.5 Å². The Bertz CT molecular complexity index is 971. The van der Waals surface area contributed by atoms with Crippen LogP contribution in [0.3, 0.4) is 0 Å². The third kappa shape index (κ3) is 5.32. The van der Waals surface area contributed by atoms with Crippen LogP contribution in [-0.4, -0.2) is 58.8 Å². The van der Waals surface area contributed by atoms with E-state index in [4.69, 9.17) is 4.74 Å². The van der Waals surface area contributed by atoms with E-state index in [1.165, 1.54) is 22.1 Å². The highest BCUT2D eigenvalue weighted by Crippen LogP contribution is 2.31. The van der Waals surface area contributed by atoms with Crippen molar-refractivity contribution >= 4 is 33.4 Å². The van der Waals surface area contributed by atoms with Crippen LogP contribution in [0.4, 0.5) is 5.69 Å². The second kappa shape index (κ2) is 10.3. The molecule has 1 saturated heterocycles. The number of hydrogen-bond donors (Lipinski definition) is 1. The lowest BCUT2D eigenvalue weighted by Gasteiger charge is -2.27. The number of thioether (sulfide) groups is 1. The van der Waals surface area contributed by atoms with Crippen LogP contribution >= 0.6 is 11.8 Å². The van der Waals surface area contributed by atoms with Crippen LogP contribution in [0.15, 0.2) is 34.6 Å². The Labute approximate surface area is 181 Å². The average Bonchev–Trinajstić information content (AvgIpc) is 3.22. The fraction of sp³-hybridized carbons (Fsp3) is 0.526. The first-order chi connectivity index (χ1) is 14.5. The van der Waals surface area contributed by atoms with Crippen molar-refractivity contribution in [3.8, 4) is 5.75 Å². The van der Waals surface area contributed by atoms with Gasteiger partial charge < -0.3 is 14.6 Å². The molecule has 0 aliphatic carbocycles. The Kier molecular flexibility index (Phi) is 7.73.